The molecule has 0 spiro atoms. The molecule has 40 valence electrons. The lowest BCUT2D eigenvalue weighted by Gasteiger charge is -1.72. The van der Waals surface area contributed by atoms with Crippen LogP contribution in [0.25, 0.3) is 0 Å². The first-order chi connectivity index (χ1) is 2.89. The minimum absolute atomic E-state index is 0. The van der Waals surface area contributed by atoms with Crippen LogP contribution in [0.4, 0.5) is 0 Å². The molecule has 0 aliphatic heterocycles. The topological polar surface area (TPSA) is 0 Å². The fourth-order valence-corrected chi connectivity index (χ4v) is 0.576. The van der Waals surface area contributed by atoms with Crippen molar-refractivity contribution in [3.05, 3.63) is 23.8 Å². The van der Waals surface area contributed by atoms with Gasteiger partial charge in [0.2, 0.25) is 0 Å². The summed E-state index contributed by atoms with van der Waals surface area (Å²) in [6.07, 6.45) is 7.65. The average molecular weight is 117 g/mol. The SMILES string of the molecule is CC1=CCC=C1.Cl. The second-order valence-corrected chi connectivity index (χ2v) is 1.59. The molecule has 0 N–H and O–H groups in total. The van der Waals surface area contributed by atoms with Crippen molar-refractivity contribution in [2.45, 2.75) is 13.3 Å². The summed E-state index contributed by atoms with van der Waals surface area (Å²) >= 11 is 0. The number of hydrogen-bond acceptors (Lipinski definition) is 0. The van der Waals surface area contributed by atoms with Gasteiger partial charge in [-0.15, -0.1) is 12.4 Å². The summed E-state index contributed by atoms with van der Waals surface area (Å²) in [5.74, 6) is 0. The van der Waals surface area contributed by atoms with E-state index in [9.17, 15) is 0 Å². The molecule has 1 aliphatic carbocycles. The first kappa shape index (κ1) is 6.77. The van der Waals surface area contributed by atoms with Crippen LogP contribution in [0.5, 0.6) is 0 Å². The Morgan fingerprint density at radius 3 is 2.43 bits per heavy atom. The fraction of sp³-hybridized carbons (Fsp3) is 0.333. The highest BCUT2D eigenvalue weighted by Crippen LogP contribution is 2.05. The molecule has 0 unspecified atom stereocenters. The van der Waals surface area contributed by atoms with Crippen LogP contribution >= 0.6 is 12.4 Å². The van der Waals surface area contributed by atoms with Crippen LogP contribution in [0, 0.1) is 0 Å². The minimum Gasteiger partial charge on any atom is -0.147 e. The van der Waals surface area contributed by atoms with Crippen LogP contribution < -0.4 is 0 Å². The van der Waals surface area contributed by atoms with E-state index >= 15 is 0 Å². The summed E-state index contributed by atoms with van der Waals surface area (Å²) in [5.41, 5.74) is 1.40. The van der Waals surface area contributed by atoms with Gasteiger partial charge < -0.3 is 0 Å². The Labute approximate surface area is 50.3 Å². The van der Waals surface area contributed by atoms with Crippen LogP contribution in [0.15, 0.2) is 23.8 Å². The molecule has 0 atom stereocenters. The van der Waals surface area contributed by atoms with E-state index in [1.54, 1.807) is 0 Å². The van der Waals surface area contributed by atoms with E-state index in [1.165, 1.54) is 5.57 Å². The Bertz CT molecular complexity index is 98.0. The van der Waals surface area contributed by atoms with Crippen molar-refractivity contribution in [2.75, 3.05) is 0 Å². The van der Waals surface area contributed by atoms with E-state index in [0.717, 1.165) is 6.42 Å². The molecular weight excluding hydrogens is 108 g/mol. The maximum Gasteiger partial charge on any atom is -0.0160 e. The van der Waals surface area contributed by atoms with Gasteiger partial charge in [-0.3, -0.25) is 0 Å². The maximum absolute atomic E-state index is 2.21. The highest BCUT2D eigenvalue weighted by molar-refractivity contribution is 5.85. The molecule has 0 heterocycles. The molecule has 0 aromatic heterocycles. The maximum atomic E-state index is 2.21. The van der Waals surface area contributed by atoms with Gasteiger partial charge in [-0.25, -0.2) is 0 Å². The molecule has 0 fully saturated rings. The Morgan fingerprint density at radius 2 is 2.29 bits per heavy atom. The molecule has 0 saturated carbocycles. The second-order valence-electron chi connectivity index (χ2n) is 1.59. The molecule has 0 nitrogen and oxygen atoms in total. The number of allylic oxidation sites excluding steroid dienone is 4. The zero-order valence-electron chi connectivity index (χ0n) is 4.35. The van der Waals surface area contributed by atoms with Crippen molar-refractivity contribution in [1.29, 1.82) is 0 Å². The van der Waals surface area contributed by atoms with Crippen molar-refractivity contribution in [3.8, 4) is 0 Å². The normalized spacial score (nSPS) is 15.9. The molecule has 0 radical (unpaired) electrons. The molecule has 0 saturated heterocycles. The van der Waals surface area contributed by atoms with Gasteiger partial charge in [-0.05, 0) is 13.3 Å². The third-order valence-electron chi connectivity index (χ3n) is 0.957. The Morgan fingerprint density at radius 1 is 1.57 bits per heavy atom. The van der Waals surface area contributed by atoms with Crippen LogP contribution in [-0.2, 0) is 0 Å². The van der Waals surface area contributed by atoms with Gasteiger partial charge in [0.25, 0.3) is 0 Å². The molecule has 1 rings (SSSR count). The quantitative estimate of drug-likeness (QED) is 0.456. The fourth-order valence-electron chi connectivity index (χ4n) is 0.576. The Balaban J connectivity index is 0.000000360. The average Bonchev–Trinajstić information content (AvgIpc) is 1.86. The Kier molecular flexibility index (Phi) is 2.77. The van der Waals surface area contributed by atoms with Crippen molar-refractivity contribution in [2.24, 2.45) is 0 Å². The van der Waals surface area contributed by atoms with Crippen LogP contribution in [0.3, 0.4) is 0 Å². The molecular formula is C6H9Cl. The zero-order valence-corrected chi connectivity index (χ0v) is 5.16. The molecule has 0 aromatic carbocycles. The lowest BCUT2D eigenvalue weighted by Crippen LogP contribution is -1.51. The predicted octanol–water partition coefficient (Wildman–Crippen LogP) is 2.31. The highest BCUT2D eigenvalue weighted by atomic mass is 35.5. The summed E-state index contributed by atoms with van der Waals surface area (Å²) in [6.45, 7) is 2.11. The lowest BCUT2D eigenvalue weighted by molar-refractivity contribution is 1.42. The molecule has 0 amide bonds. The van der Waals surface area contributed by atoms with E-state index in [-0.39, 0.29) is 12.4 Å². The van der Waals surface area contributed by atoms with Gasteiger partial charge in [-0.1, -0.05) is 23.8 Å². The lowest BCUT2D eigenvalue weighted by atomic mass is 10.3. The van der Waals surface area contributed by atoms with E-state index in [2.05, 4.69) is 25.2 Å². The predicted molar refractivity (Wildman–Crippen MR) is 34.8 cm³/mol. The third-order valence-corrected chi connectivity index (χ3v) is 0.957. The molecule has 0 bridgehead atoms. The van der Waals surface area contributed by atoms with E-state index in [0.29, 0.717) is 0 Å². The van der Waals surface area contributed by atoms with E-state index < -0.39 is 0 Å². The van der Waals surface area contributed by atoms with Gasteiger partial charge in [0.15, 0.2) is 0 Å². The van der Waals surface area contributed by atoms with Crippen LogP contribution in [0.2, 0.25) is 0 Å². The standard InChI is InChI=1S/C6H8.ClH/c1-6-4-2-3-5-6;/h2,4-5H,3H2,1H3;1H. The van der Waals surface area contributed by atoms with Gasteiger partial charge in [0.1, 0.15) is 0 Å². The van der Waals surface area contributed by atoms with Crippen LogP contribution in [-0.4, -0.2) is 0 Å². The first-order valence-corrected chi connectivity index (χ1v) is 2.23. The van der Waals surface area contributed by atoms with Gasteiger partial charge >= 0.3 is 0 Å². The number of halogens is 1. The van der Waals surface area contributed by atoms with Crippen molar-refractivity contribution in [1.82, 2.24) is 0 Å². The number of hydrogen-bond donors (Lipinski definition) is 0. The Hall–Kier alpha value is -0.230. The third kappa shape index (κ3) is 1.79. The highest BCUT2D eigenvalue weighted by Gasteiger charge is 1.84. The number of rotatable bonds is 0. The largest absolute Gasteiger partial charge is 0.147 e. The van der Waals surface area contributed by atoms with Gasteiger partial charge in [0, 0.05) is 0 Å². The summed E-state index contributed by atoms with van der Waals surface area (Å²) in [6, 6.07) is 0. The van der Waals surface area contributed by atoms with Crippen molar-refractivity contribution < 1.29 is 0 Å². The summed E-state index contributed by atoms with van der Waals surface area (Å²) in [7, 11) is 0. The summed E-state index contributed by atoms with van der Waals surface area (Å²) in [4.78, 5) is 0. The van der Waals surface area contributed by atoms with E-state index in [4.69, 9.17) is 0 Å². The van der Waals surface area contributed by atoms with Gasteiger partial charge in [-0.2, -0.15) is 0 Å². The van der Waals surface area contributed by atoms with Gasteiger partial charge in [0.05, 0.1) is 0 Å². The zero-order chi connectivity index (χ0) is 4.41. The van der Waals surface area contributed by atoms with E-state index in [1.807, 2.05) is 0 Å². The summed E-state index contributed by atoms with van der Waals surface area (Å²) < 4.78 is 0. The van der Waals surface area contributed by atoms with Crippen LogP contribution in [0.1, 0.15) is 13.3 Å². The van der Waals surface area contributed by atoms with Crippen molar-refractivity contribution in [3.63, 3.8) is 0 Å². The minimum atomic E-state index is 0. The molecule has 0 aromatic rings. The first-order valence-electron chi connectivity index (χ1n) is 2.23. The van der Waals surface area contributed by atoms with Crippen molar-refractivity contribution >= 4 is 12.4 Å². The molecule has 1 aliphatic rings. The molecule has 1 heteroatoms. The second kappa shape index (κ2) is 2.86. The monoisotopic (exact) mass is 116 g/mol. The summed E-state index contributed by atoms with van der Waals surface area (Å²) in [5, 5.41) is 0. The molecule has 7 heavy (non-hydrogen) atoms. The smallest absolute Gasteiger partial charge is 0.0160 e.